The molecule has 2 nitrogen and oxygen atoms in total. The molecule has 0 radical (unpaired) electrons. The van der Waals surface area contributed by atoms with Crippen molar-refractivity contribution in [2.45, 2.75) is 64.8 Å². The lowest BCUT2D eigenvalue weighted by Crippen LogP contribution is -2.40. The Labute approximate surface area is 114 Å². The number of hydrogen-bond acceptors (Lipinski definition) is 2. The smallest absolute Gasteiger partial charge is 0.00670 e. The highest BCUT2D eigenvalue weighted by Crippen LogP contribution is 2.21. The predicted molar refractivity (Wildman–Crippen MR) is 78.9 cm³/mol. The van der Waals surface area contributed by atoms with Gasteiger partial charge in [-0.25, -0.2) is 0 Å². The summed E-state index contributed by atoms with van der Waals surface area (Å²) in [4.78, 5) is 2.68. The molecule has 1 aliphatic carbocycles. The lowest BCUT2D eigenvalue weighted by atomic mass is 9.92. The summed E-state index contributed by atoms with van der Waals surface area (Å²) in [7, 11) is 0. The van der Waals surface area contributed by atoms with Gasteiger partial charge in [-0.15, -0.1) is 0 Å². The minimum absolute atomic E-state index is 0.831. The molecular weight excluding hydrogens is 220 g/mol. The molecule has 106 valence electrons. The molecule has 2 aliphatic rings. The Morgan fingerprint density at radius 1 is 1.00 bits per heavy atom. The van der Waals surface area contributed by atoms with Crippen LogP contribution in [0.2, 0.25) is 0 Å². The van der Waals surface area contributed by atoms with Gasteiger partial charge in [0.15, 0.2) is 0 Å². The molecule has 0 aromatic carbocycles. The number of nitrogens with one attached hydrogen (secondary N) is 1. The van der Waals surface area contributed by atoms with Gasteiger partial charge in [0.05, 0.1) is 0 Å². The maximum atomic E-state index is 3.76. The monoisotopic (exact) mass is 252 g/mol. The van der Waals surface area contributed by atoms with Crippen LogP contribution in [0, 0.1) is 11.8 Å². The fourth-order valence-corrected chi connectivity index (χ4v) is 3.89. The first kappa shape index (κ1) is 14.3. The van der Waals surface area contributed by atoms with E-state index in [2.05, 4.69) is 24.1 Å². The van der Waals surface area contributed by atoms with Crippen molar-refractivity contribution in [3.8, 4) is 0 Å². The van der Waals surface area contributed by atoms with E-state index >= 15 is 0 Å². The highest BCUT2D eigenvalue weighted by Gasteiger charge is 2.21. The second-order valence-electron chi connectivity index (χ2n) is 6.85. The summed E-state index contributed by atoms with van der Waals surface area (Å²) in [6, 6.07) is 0.831. The Balaban J connectivity index is 1.54. The van der Waals surface area contributed by atoms with E-state index in [-0.39, 0.29) is 0 Å². The van der Waals surface area contributed by atoms with Crippen molar-refractivity contribution >= 4 is 0 Å². The Bertz CT molecular complexity index is 213. The average Bonchev–Trinajstić information content (AvgIpc) is 2.35. The van der Waals surface area contributed by atoms with Crippen LogP contribution in [0.3, 0.4) is 0 Å². The summed E-state index contributed by atoms with van der Waals surface area (Å²) in [5, 5.41) is 3.76. The van der Waals surface area contributed by atoms with E-state index in [0.29, 0.717) is 0 Å². The number of likely N-dealkylation sites (tertiary alicyclic amines) is 1. The van der Waals surface area contributed by atoms with Gasteiger partial charge in [0.2, 0.25) is 0 Å². The van der Waals surface area contributed by atoms with Crippen LogP contribution in [0.25, 0.3) is 0 Å². The van der Waals surface area contributed by atoms with E-state index in [1.807, 2.05) is 0 Å². The molecule has 1 saturated carbocycles. The molecule has 0 spiro atoms. The summed E-state index contributed by atoms with van der Waals surface area (Å²) >= 11 is 0. The molecule has 2 rings (SSSR count). The topological polar surface area (TPSA) is 15.3 Å². The van der Waals surface area contributed by atoms with Gasteiger partial charge >= 0.3 is 0 Å². The molecule has 0 aromatic rings. The van der Waals surface area contributed by atoms with Crippen LogP contribution in [0.5, 0.6) is 0 Å². The first-order chi connectivity index (χ1) is 8.74. The van der Waals surface area contributed by atoms with Crippen molar-refractivity contribution in [1.82, 2.24) is 10.2 Å². The van der Waals surface area contributed by atoms with Gasteiger partial charge in [-0.2, -0.15) is 0 Å². The predicted octanol–water partition coefficient (Wildman–Crippen LogP) is 3.28. The van der Waals surface area contributed by atoms with E-state index in [9.17, 15) is 0 Å². The highest BCUT2D eigenvalue weighted by atomic mass is 15.1. The maximum Gasteiger partial charge on any atom is 0.00670 e. The van der Waals surface area contributed by atoms with Crippen LogP contribution in [-0.2, 0) is 0 Å². The van der Waals surface area contributed by atoms with E-state index < -0.39 is 0 Å². The zero-order valence-electron chi connectivity index (χ0n) is 12.5. The average molecular weight is 252 g/mol. The van der Waals surface area contributed by atoms with Gasteiger partial charge < -0.3 is 10.2 Å². The van der Waals surface area contributed by atoms with E-state index in [1.165, 1.54) is 71.1 Å². The number of nitrogens with zero attached hydrogens (tertiary/aromatic N) is 1. The molecule has 2 fully saturated rings. The maximum absolute atomic E-state index is 3.76. The van der Waals surface area contributed by atoms with E-state index in [0.717, 1.165) is 17.9 Å². The van der Waals surface area contributed by atoms with Crippen molar-refractivity contribution in [2.75, 3.05) is 26.2 Å². The van der Waals surface area contributed by atoms with Crippen LogP contribution in [-0.4, -0.2) is 37.1 Å². The summed E-state index contributed by atoms with van der Waals surface area (Å²) in [5.74, 6) is 1.81. The van der Waals surface area contributed by atoms with E-state index in [1.54, 1.807) is 0 Å². The fraction of sp³-hybridized carbons (Fsp3) is 1.00. The van der Waals surface area contributed by atoms with Crippen molar-refractivity contribution < 1.29 is 0 Å². The molecule has 18 heavy (non-hydrogen) atoms. The van der Waals surface area contributed by atoms with Gasteiger partial charge in [0.25, 0.3) is 0 Å². The molecule has 0 bridgehead atoms. The molecule has 1 N–H and O–H groups in total. The van der Waals surface area contributed by atoms with Crippen molar-refractivity contribution in [2.24, 2.45) is 11.8 Å². The molecule has 1 aliphatic heterocycles. The molecular formula is C16H32N2. The number of rotatable bonds is 5. The Hall–Kier alpha value is -0.0800. The molecule has 1 heterocycles. The van der Waals surface area contributed by atoms with Gasteiger partial charge in [0.1, 0.15) is 0 Å². The molecule has 0 aromatic heterocycles. The summed E-state index contributed by atoms with van der Waals surface area (Å²) in [6.07, 6.45) is 9.93. The lowest BCUT2D eigenvalue weighted by molar-refractivity contribution is 0.139. The second-order valence-corrected chi connectivity index (χ2v) is 6.85. The SMILES string of the molecule is CC1CC(C)CN(CCCNC2CCCCC2)C1. The molecule has 2 atom stereocenters. The number of hydrogen-bond donors (Lipinski definition) is 1. The Kier molecular flexibility index (Phi) is 5.97. The van der Waals surface area contributed by atoms with E-state index in [4.69, 9.17) is 0 Å². The van der Waals surface area contributed by atoms with Gasteiger partial charge in [-0.3, -0.25) is 0 Å². The van der Waals surface area contributed by atoms with Crippen LogP contribution in [0.4, 0.5) is 0 Å². The zero-order valence-corrected chi connectivity index (χ0v) is 12.5. The van der Waals surface area contributed by atoms with Gasteiger partial charge in [-0.1, -0.05) is 33.1 Å². The molecule has 2 unspecified atom stereocenters. The first-order valence-corrected chi connectivity index (χ1v) is 8.20. The first-order valence-electron chi connectivity index (χ1n) is 8.20. The van der Waals surface area contributed by atoms with Crippen molar-refractivity contribution in [3.05, 3.63) is 0 Å². The van der Waals surface area contributed by atoms with Crippen LogP contribution >= 0.6 is 0 Å². The minimum atomic E-state index is 0.831. The van der Waals surface area contributed by atoms with Gasteiger partial charge in [-0.05, 0) is 50.6 Å². The minimum Gasteiger partial charge on any atom is -0.314 e. The largest absolute Gasteiger partial charge is 0.314 e. The highest BCUT2D eigenvalue weighted by molar-refractivity contribution is 4.76. The van der Waals surface area contributed by atoms with Crippen LogP contribution < -0.4 is 5.32 Å². The quantitative estimate of drug-likeness (QED) is 0.755. The summed E-state index contributed by atoms with van der Waals surface area (Å²) in [5.41, 5.74) is 0. The second kappa shape index (κ2) is 7.49. The van der Waals surface area contributed by atoms with Gasteiger partial charge in [0, 0.05) is 19.1 Å². The molecule has 2 heteroatoms. The standard InChI is InChI=1S/C16H32N2/c1-14-11-15(2)13-18(12-14)10-6-9-17-16-7-4-3-5-8-16/h14-17H,3-13H2,1-2H3. The lowest BCUT2D eigenvalue weighted by Gasteiger charge is -2.35. The molecule has 0 amide bonds. The third kappa shape index (κ3) is 4.89. The summed E-state index contributed by atoms with van der Waals surface area (Å²) in [6.45, 7) is 9.99. The molecule has 1 saturated heterocycles. The number of piperidine rings is 1. The van der Waals surface area contributed by atoms with Crippen molar-refractivity contribution in [1.29, 1.82) is 0 Å². The summed E-state index contributed by atoms with van der Waals surface area (Å²) < 4.78 is 0. The normalized spacial score (nSPS) is 31.7. The third-order valence-corrected chi connectivity index (χ3v) is 4.63. The fourth-order valence-electron chi connectivity index (χ4n) is 3.89. The Morgan fingerprint density at radius 3 is 2.33 bits per heavy atom. The Morgan fingerprint density at radius 2 is 1.67 bits per heavy atom. The van der Waals surface area contributed by atoms with Crippen LogP contribution in [0.15, 0.2) is 0 Å². The van der Waals surface area contributed by atoms with Crippen molar-refractivity contribution in [3.63, 3.8) is 0 Å². The third-order valence-electron chi connectivity index (χ3n) is 4.63. The van der Waals surface area contributed by atoms with Crippen LogP contribution in [0.1, 0.15) is 58.8 Å². The zero-order chi connectivity index (χ0) is 12.8.